The van der Waals surface area contributed by atoms with Gasteiger partial charge in [0.1, 0.15) is 11.6 Å². The Bertz CT molecular complexity index is 639. The van der Waals surface area contributed by atoms with Crippen LogP contribution in [-0.2, 0) is 0 Å². The van der Waals surface area contributed by atoms with Crippen LogP contribution < -0.4 is 15.5 Å². The normalized spacial score (nSPS) is 15.2. The molecule has 0 amide bonds. The van der Waals surface area contributed by atoms with Crippen LogP contribution in [0.3, 0.4) is 0 Å². The van der Waals surface area contributed by atoms with Crippen molar-refractivity contribution in [2.75, 3.05) is 41.7 Å². The number of hydrogen-bond donors (Lipinski definition) is 1. The minimum absolute atomic E-state index is 0.0279. The van der Waals surface area contributed by atoms with Gasteiger partial charge in [-0.2, -0.15) is 0 Å². The van der Waals surface area contributed by atoms with E-state index in [0.29, 0.717) is 5.82 Å². The van der Waals surface area contributed by atoms with Gasteiger partial charge in [0.05, 0.1) is 17.1 Å². The molecule has 1 aliphatic rings. The number of rotatable bonds is 3. The van der Waals surface area contributed by atoms with Crippen molar-refractivity contribution in [3.05, 3.63) is 33.8 Å². The number of aromatic nitrogens is 2. The highest BCUT2D eigenvalue weighted by atomic mass is 32.1. The maximum Gasteiger partial charge on any atom is 0.276 e. The Morgan fingerprint density at radius 1 is 1.24 bits per heavy atom. The summed E-state index contributed by atoms with van der Waals surface area (Å²) in [6, 6.07) is 2.74. The van der Waals surface area contributed by atoms with Crippen LogP contribution in [0.1, 0.15) is 0 Å². The van der Waals surface area contributed by atoms with Gasteiger partial charge in [0.15, 0.2) is 5.13 Å². The highest BCUT2D eigenvalue weighted by molar-refractivity contribution is 7.13. The van der Waals surface area contributed by atoms with Gasteiger partial charge in [0, 0.05) is 37.8 Å². The first kappa shape index (κ1) is 13.6. The third-order valence-corrected chi connectivity index (χ3v) is 4.15. The molecule has 3 rings (SSSR count). The Morgan fingerprint density at radius 2 is 1.95 bits per heavy atom. The van der Waals surface area contributed by atoms with E-state index in [1.807, 2.05) is 10.3 Å². The third-order valence-electron chi connectivity index (χ3n) is 3.32. The van der Waals surface area contributed by atoms with Crippen molar-refractivity contribution in [2.45, 2.75) is 0 Å². The summed E-state index contributed by atoms with van der Waals surface area (Å²) in [5.41, 5.74) is 5.62. The molecule has 1 saturated heterocycles. The summed E-state index contributed by atoms with van der Waals surface area (Å²) in [7, 11) is 0. The van der Waals surface area contributed by atoms with Crippen molar-refractivity contribution in [1.82, 2.24) is 9.97 Å². The van der Waals surface area contributed by atoms with Crippen LogP contribution in [0.4, 0.5) is 22.5 Å². The Morgan fingerprint density at radius 3 is 2.57 bits per heavy atom. The minimum Gasteiger partial charge on any atom is -0.383 e. The number of nitro groups is 1. The quantitative estimate of drug-likeness (QED) is 0.674. The second-order valence-corrected chi connectivity index (χ2v) is 5.53. The van der Waals surface area contributed by atoms with E-state index in [-0.39, 0.29) is 11.5 Å². The molecular weight excluding hydrogens is 292 g/mol. The van der Waals surface area contributed by atoms with Gasteiger partial charge < -0.3 is 15.5 Å². The van der Waals surface area contributed by atoms with Gasteiger partial charge in [-0.1, -0.05) is 0 Å². The molecule has 9 heteroatoms. The van der Waals surface area contributed by atoms with E-state index in [2.05, 4.69) is 14.9 Å². The average Bonchev–Trinajstić information content (AvgIpc) is 3.01. The maximum atomic E-state index is 10.9. The largest absolute Gasteiger partial charge is 0.383 e. The fraction of sp³-hybridized carbons (Fsp3) is 0.333. The molecule has 0 aliphatic carbocycles. The van der Waals surface area contributed by atoms with E-state index >= 15 is 0 Å². The lowest BCUT2D eigenvalue weighted by molar-refractivity contribution is -0.384. The minimum atomic E-state index is -0.451. The van der Waals surface area contributed by atoms with Crippen molar-refractivity contribution >= 4 is 33.8 Å². The van der Waals surface area contributed by atoms with Crippen LogP contribution in [0.25, 0.3) is 0 Å². The second-order valence-electron chi connectivity index (χ2n) is 4.65. The molecule has 1 fully saturated rings. The summed E-state index contributed by atoms with van der Waals surface area (Å²) in [6.07, 6.45) is 1.79. The maximum absolute atomic E-state index is 10.9. The number of nitrogens with zero attached hydrogens (tertiary/aromatic N) is 5. The van der Waals surface area contributed by atoms with E-state index in [9.17, 15) is 10.1 Å². The molecule has 2 N–H and O–H groups in total. The first-order chi connectivity index (χ1) is 10.1. The fourth-order valence-corrected chi connectivity index (χ4v) is 2.99. The Hall–Kier alpha value is -2.42. The molecular formula is C12H14N6O2S. The number of pyridine rings is 1. The summed E-state index contributed by atoms with van der Waals surface area (Å²) >= 11 is 1.61. The molecule has 0 saturated carbocycles. The molecule has 0 unspecified atom stereocenters. The lowest BCUT2D eigenvalue weighted by Gasteiger charge is -2.35. The first-order valence-corrected chi connectivity index (χ1v) is 7.33. The molecule has 21 heavy (non-hydrogen) atoms. The Labute approximate surface area is 125 Å². The summed E-state index contributed by atoms with van der Waals surface area (Å²) < 4.78 is 0. The molecule has 0 aromatic carbocycles. The number of piperazine rings is 1. The molecule has 2 aromatic heterocycles. The third kappa shape index (κ3) is 2.87. The zero-order chi connectivity index (χ0) is 14.8. The van der Waals surface area contributed by atoms with Crippen molar-refractivity contribution in [3.8, 4) is 0 Å². The van der Waals surface area contributed by atoms with Gasteiger partial charge >= 0.3 is 0 Å². The van der Waals surface area contributed by atoms with Crippen LogP contribution in [0, 0.1) is 10.1 Å². The average molecular weight is 306 g/mol. The van der Waals surface area contributed by atoms with Crippen LogP contribution in [0.5, 0.6) is 0 Å². The van der Waals surface area contributed by atoms with Gasteiger partial charge in [0.25, 0.3) is 5.69 Å². The number of thiazole rings is 1. The Kier molecular flexibility index (Phi) is 3.57. The summed E-state index contributed by atoms with van der Waals surface area (Å²) in [4.78, 5) is 23.1. The smallest absolute Gasteiger partial charge is 0.276 e. The zero-order valence-corrected chi connectivity index (χ0v) is 12.0. The van der Waals surface area contributed by atoms with Gasteiger partial charge in [-0.05, 0) is 0 Å². The van der Waals surface area contributed by atoms with Crippen LogP contribution in [0.2, 0.25) is 0 Å². The molecule has 3 heterocycles. The van der Waals surface area contributed by atoms with Gasteiger partial charge in [0.2, 0.25) is 0 Å². The topological polar surface area (TPSA) is 101 Å². The van der Waals surface area contributed by atoms with Crippen LogP contribution in [-0.4, -0.2) is 41.1 Å². The van der Waals surface area contributed by atoms with Crippen LogP contribution >= 0.6 is 11.3 Å². The number of nitrogen functional groups attached to an aromatic ring is 1. The molecule has 1 aliphatic heterocycles. The predicted octanol–water partition coefficient (Wildman–Crippen LogP) is 1.36. The molecule has 110 valence electrons. The second kappa shape index (κ2) is 5.52. The standard InChI is InChI=1S/C12H14N6O2S/c13-10-7-9(18(19)20)8-11(15-10)16-2-4-17(5-3-16)12-14-1-6-21-12/h1,6-8H,2-5H2,(H2,13,15). The summed E-state index contributed by atoms with van der Waals surface area (Å²) in [6.45, 7) is 3.07. The SMILES string of the molecule is Nc1cc([N+](=O)[O-])cc(N2CCN(c3nccs3)CC2)n1. The first-order valence-electron chi connectivity index (χ1n) is 6.45. The fourth-order valence-electron chi connectivity index (χ4n) is 2.29. The molecule has 0 spiro atoms. The zero-order valence-electron chi connectivity index (χ0n) is 11.2. The predicted molar refractivity (Wildman–Crippen MR) is 81.8 cm³/mol. The monoisotopic (exact) mass is 306 g/mol. The van der Waals surface area contributed by atoms with Crippen molar-refractivity contribution in [1.29, 1.82) is 0 Å². The van der Waals surface area contributed by atoms with E-state index in [1.54, 1.807) is 17.5 Å². The van der Waals surface area contributed by atoms with Crippen molar-refractivity contribution < 1.29 is 4.92 Å². The van der Waals surface area contributed by atoms with Gasteiger partial charge in [-0.3, -0.25) is 10.1 Å². The summed E-state index contributed by atoms with van der Waals surface area (Å²) in [5.74, 6) is 0.724. The van der Waals surface area contributed by atoms with Gasteiger partial charge in [-0.25, -0.2) is 9.97 Å². The Balaban J connectivity index is 1.73. The molecule has 0 radical (unpaired) electrons. The van der Waals surface area contributed by atoms with E-state index in [1.165, 1.54) is 12.1 Å². The number of anilines is 3. The lowest BCUT2D eigenvalue weighted by atomic mass is 10.3. The van der Waals surface area contributed by atoms with Gasteiger partial charge in [-0.15, -0.1) is 11.3 Å². The van der Waals surface area contributed by atoms with E-state index < -0.39 is 4.92 Å². The highest BCUT2D eigenvalue weighted by Crippen LogP contribution is 2.24. The van der Waals surface area contributed by atoms with Crippen molar-refractivity contribution in [2.24, 2.45) is 0 Å². The molecule has 8 nitrogen and oxygen atoms in total. The number of nitrogens with two attached hydrogens (primary N) is 1. The van der Waals surface area contributed by atoms with Crippen molar-refractivity contribution in [3.63, 3.8) is 0 Å². The summed E-state index contributed by atoms with van der Waals surface area (Å²) in [5, 5.41) is 13.8. The molecule has 2 aromatic rings. The molecule has 0 atom stereocenters. The van der Waals surface area contributed by atoms with E-state index in [4.69, 9.17) is 5.73 Å². The highest BCUT2D eigenvalue weighted by Gasteiger charge is 2.21. The van der Waals surface area contributed by atoms with Crippen LogP contribution in [0.15, 0.2) is 23.7 Å². The lowest BCUT2D eigenvalue weighted by Crippen LogP contribution is -2.46. The van der Waals surface area contributed by atoms with E-state index in [0.717, 1.165) is 31.3 Å². The number of hydrogen-bond acceptors (Lipinski definition) is 8. The molecule has 0 bridgehead atoms.